The zero-order valence-corrected chi connectivity index (χ0v) is 14.5. The molecule has 0 saturated heterocycles. The van der Waals surface area contributed by atoms with Crippen LogP contribution in [0.1, 0.15) is 17.1 Å². The van der Waals surface area contributed by atoms with Gasteiger partial charge in [-0.05, 0) is 18.4 Å². The summed E-state index contributed by atoms with van der Waals surface area (Å²) in [6.45, 7) is 2.16. The van der Waals surface area contributed by atoms with Crippen molar-refractivity contribution < 1.29 is 4.79 Å². The van der Waals surface area contributed by atoms with E-state index in [9.17, 15) is 14.4 Å². The van der Waals surface area contributed by atoms with E-state index in [1.807, 2.05) is 0 Å². The average molecular weight is 357 g/mol. The van der Waals surface area contributed by atoms with Crippen LogP contribution in [0.15, 0.2) is 27.4 Å². The van der Waals surface area contributed by atoms with Crippen LogP contribution in [-0.4, -0.2) is 29.9 Å². The molecule has 25 heavy (non-hydrogen) atoms. The van der Waals surface area contributed by atoms with E-state index in [0.717, 1.165) is 0 Å². The summed E-state index contributed by atoms with van der Waals surface area (Å²) in [5, 5.41) is 1.80. The molecule has 0 spiro atoms. The normalized spacial score (nSPS) is 13.4. The molecule has 0 N–H and O–H groups in total. The van der Waals surface area contributed by atoms with Crippen LogP contribution in [0, 0.1) is 6.92 Å². The maximum Gasteiger partial charge on any atom is 0.271 e. The topological polar surface area (TPSA) is 90.1 Å². The van der Waals surface area contributed by atoms with Crippen molar-refractivity contribution in [2.75, 3.05) is 0 Å². The Morgan fingerprint density at radius 1 is 1.28 bits per heavy atom. The van der Waals surface area contributed by atoms with E-state index >= 15 is 0 Å². The van der Waals surface area contributed by atoms with E-state index in [0.29, 0.717) is 27.3 Å². The molecular formula is C16H15N5O3S. The first-order valence-corrected chi connectivity index (χ1v) is 8.59. The van der Waals surface area contributed by atoms with Crippen molar-refractivity contribution in [2.24, 2.45) is 7.05 Å². The highest BCUT2D eigenvalue weighted by Gasteiger charge is 2.28. The largest absolute Gasteiger partial charge is 0.331 e. The molecule has 4 heterocycles. The quantitative estimate of drug-likeness (QED) is 0.662. The molecule has 4 rings (SSSR count). The Labute approximate surface area is 146 Å². The van der Waals surface area contributed by atoms with Gasteiger partial charge in [0.25, 0.3) is 11.1 Å². The van der Waals surface area contributed by atoms with E-state index in [1.165, 1.54) is 26.8 Å². The predicted molar refractivity (Wildman–Crippen MR) is 92.3 cm³/mol. The zero-order valence-electron chi connectivity index (χ0n) is 13.7. The molecule has 3 aromatic heterocycles. The van der Waals surface area contributed by atoms with Crippen molar-refractivity contribution in [3.8, 4) is 0 Å². The SMILES string of the molecule is Cc1nc2c(c(=O)n1C)CN(C(=O)Cn1cnc3ccsc3c1=O)C2. The fourth-order valence-corrected chi connectivity index (χ4v) is 3.73. The van der Waals surface area contributed by atoms with Gasteiger partial charge in [-0.25, -0.2) is 9.97 Å². The van der Waals surface area contributed by atoms with E-state index in [4.69, 9.17) is 0 Å². The van der Waals surface area contributed by atoms with Crippen molar-refractivity contribution in [3.63, 3.8) is 0 Å². The van der Waals surface area contributed by atoms with Crippen LogP contribution in [0.25, 0.3) is 10.2 Å². The van der Waals surface area contributed by atoms with Crippen molar-refractivity contribution in [1.82, 2.24) is 24.0 Å². The molecule has 0 fully saturated rings. The maximum absolute atomic E-state index is 12.6. The van der Waals surface area contributed by atoms with Gasteiger partial charge in [-0.2, -0.15) is 0 Å². The molecular weight excluding hydrogens is 342 g/mol. The van der Waals surface area contributed by atoms with Gasteiger partial charge in [-0.3, -0.25) is 23.5 Å². The first kappa shape index (κ1) is 15.7. The minimum absolute atomic E-state index is 0.104. The summed E-state index contributed by atoms with van der Waals surface area (Å²) in [5.74, 6) is 0.374. The summed E-state index contributed by atoms with van der Waals surface area (Å²) >= 11 is 1.31. The monoisotopic (exact) mass is 357 g/mol. The smallest absolute Gasteiger partial charge is 0.271 e. The second kappa shape index (κ2) is 5.62. The van der Waals surface area contributed by atoms with Crippen LogP contribution in [-0.2, 0) is 31.5 Å². The first-order chi connectivity index (χ1) is 12.0. The van der Waals surface area contributed by atoms with Crippen molar-refractivity contribution in [3.05, 3.63) is 55.6 Å². The fourth-order valence-electron chi connectivity index (χ4n) is 2.94. The number of hydrogen-bond donors (Lipinski definition) is 0. The molecule has 9 heteroatoms. The van der Waals surface area contributed by atoms with Crippen molar-refractivity contribution in [2.45, 2.75) is 26.6 Å². The van der Waals surface area contributed by atoms with Crippen LogP contribution >= 0.6 is 11.3 Å². The summed E-state index contributed by atoms with van der Waals surface area (Å²) in [6.07, 6.45) is 1.39. The van der Waals surface area contributed by atoms with E-state index < -0.39 is 0 Å². The van der Waals surface area contributed by atoms with Gasteiger partial charge in [0.05, 0.1) is 36.2 Å². The fraction of sp³-hybridized carbons (Fsp3) is 0.312. The number of rotatable bonds is 2. The molecule has 0 aliphatic carbocycles. The molecule has 1 aliphatic rings. The maximum atomic E-state index is 12.6. The van der Waals surface area contributed by atoms with Crippen LogP contribution in [0.2, 0.25) is 0 Å². The highest BCUT2D eigenvalue weighted by atomic mass is 32.1. The summed E-state index contributed by atoms with van der Waals surface area (Å²) in [7, 11) is 1.66. The van der Waals surface area contributed by atoms with Crippen molar-refractivity contribution >= 4 is 27.5 Å². The molecule has 0 radical (unpaired) electrons. The number of carbonyl (C=O) groups excluding carboxylic acids is 1. The highest BCUT2D eigenvalue weighted by Crippen LogP contribution is 2.19. The van der Waals surface area contributed by atoms with Crippen LogP contribution in [0.5, 0.6) is 0 Å². The summed E-state index contributed by atoms with van der Waals surface area (Å²) in [6, 6.07) is 1.77. The van der Waals surface area contributed by atoms with Crippen molar-refractivity contribution in [1.29, 1.82) is 0 Å². The second-order valence-corrected chi connectivity index (χ2v) is 6.93. The van der Waals surface area contributed by atoms with Crippen LogP contribution < -0.4 is 11.1 Å². The standard InChI is InChI=1S/C16H15N5O3S/c1-9-18-12-6-20(5-10(12)15(23)19(9)2)13(22)7-21-8-17-11-3-4-25-14(11)16(21)24/h3-4,8H,5-7H2,1-2H3. The number of thiophene rings is 1. The van der Waals surface area contributed by atoms with Gasteiger partial charge in [0.1, 0.15) is 17.1 Å². The van der Waals surface area contributed by atoms with Gasteiger partial charge in [0.2, 0.25) is 5.91 Å². The lowest BCUT2D eigenvalue weighted by molar-refractivity contribution is -0.132. The summed E-state index contributed by atoms with van der Waals surface area (Å²) in [5.41, 5.74) is 1.45. The summed E-state index contributed by atoms with van der Waals surface area (Å²) in [4.78, 5) is 47.4. The van der Waals surface area contributed by atoms with Gasteiger partial charge < -0.3 is 4.90 Å². The molecule has 0 atom stereocenters. The Hall–Kier alpha value is -2.81. The Kier molecular flexibility index (Phi) is 3.53. The molecule has 0 unspecified atom stereocenters. The minimum Gasteiger partial charge on any atom is -0.331 e. The third-order valence-electron chi connectivity index (χ3n) is 4.48. The minimum atomic E-state index is -0.238. The Morgan fingerprint density at radius 2 is 2.08 bits per heavy atom. The van der Waals surface area contributed by atoms with Gasteiger partial charge >= 0.3 is 0 Å². The Bertz CT molecular complexity index is 1130. The molecule has 1 aliphatic heterocycles. The number of fused-ring (bicyclic) bond motifs is 2. The number of aryl methyl sites for hydroxylation is 1. The lowest BCUT2D eigenvalue weighted by atomic mass is 10.2. The summed E-state index contributed by atoms with van der Waals surface area (Å²) < 4.78 is 3.32. The highest BCUT2D eigenvalue weighted by molar-refractivity contribution is 7.17. The molecule has 0 aromatic carbocycles. The second-order valence-electron chi connectivity index (χ2n) is 6.01. The van der Waals surface area contributed by atoms with E-state index in [2.05, 4.69) is 9.97 Å². The van der Waals surface area contributed by atoms with Gasteiger partial charge in [0, 0.05) is 7.05 Å². The zero-order chi connectivity index (χ0) is 17.7. The number of amides is 1. The molecule has 128 valence electrons. The van der Waals surface area contributed by atoms with Gasteiger partial charge in [-0.1, -0.05) is 0 Å². The molecule has 1 amide bonds. The van der Waals surface area contributed by atoms with Crippen LogP contribution in [0.3, 0.4) is 0 Å². The lowest BCUT2D eigenvalue weighted by Crippen LogP contribution is -2.33. The Balaban J connectivity index is 1.60. The molecule has 0 bridgehead atoms. The molecule has 8 nitrogen and oxygen atoms in total. The predicted octanol–water partition coefficient (Wildman–Crippen LogP) is 0.403. The lowest BCUT2D eigenvalue weighted by Gasteiger charge is -2.15. The number of aromatic nitrogens is 4. The number of hydrogen-bond acceptors (Lipinski definition) is 6. The van der Waals surface area contributed by atoms with E-state index in [-0.39, 0.29) is 36.7 Å². The van der Waals surface area contributed by atoms with Gasteiger partial charge in [0.15, 0.2) is 0 Å². The molecule has 3 aromatic rings. The third kappa shape index (κ3) is 2.47. The Morgan fingerprint density at radius 3 is 2.88 bits per heavy atom. The third-order valence-corrected chi connectivity index (χ3v) is 5.37. The van der Waals surface area contributed by atoms with Crippen LogP contribution in [0.4, 0.5) is 0 Å². The van der Waals surface area contributed by atoms with E-state index in [1.54, 1.807) is 30.3 Å². The first-order valence-electron chi connectivity index (χ1n) is 7.71. The number of nitrogens with zero attached hydrogens (tertiary/aromatic N) is 5. The average Bonchev–Trinajstić information content (AvgIpc) is 3.22. The molecule has 0 saturated carbocycles. The van der Waals surface area contributed by atoms with Gasteiger partial charge in [-0.15, -0.1) is 11.3 Å². The number of carbonyl (C=O) groups is 1.